The van der Waals surface area contributed by atoms with Crippen molar-refractivity contribution in [3.05, 3.63) is 0 Å². The monoisotopic (exact) mass is 328 g/mol. The largest absolute Gasteiger partial charge is 0.462 e. The summed E-state index contributed by atoms with van der Waals surface area (Å²) in [7, 11) is 0. The molecule has 130 valence electrons. The van der Waals surface area contributed by atoms with Crippen LogP contribution in [0.1, 0.15) is 33.6 Å². The van der Waals surface area contributed by atoms with Crippen LogP contribution in [-0.4, -0.2) is 66.9 Å². The van der Waals surface area contributed by atoms with Crippen molar-refractivity contribution in [2.45, 2.75) is 51.4 Å². The highest BCUT2D eigenvalue weighted by molar-refractivity contribution is 6.06. The van der Waals surface area contributed by atoms with Crippen molar-refractivity contribution >= 4 is 17.9 Å². The molecule has 3 amide bonds. The second kappa shape index (κ2) is 7.27. The maximum Gasteiger partial charge on any atom is 0.335 e. The molecule has 2 atom stereocenters. The highest BCUT2D eigenvalue weighted by atomic mass is 16.6. The van der Waals surface area contributed by atoms with Crippen LogP contribution in [0, 0.1) is 0 Å². The van der Waals surface area contributed by atoms with Crippen LogP contribution in [0.5, 0.6) is 0 Å². The van der Waals surface area contributed by atoms with E-state index in [1.165, 1.54) is 0 Å². The summed E-state index contributed by atoms with van der Waals surface area (Å²) < 4.78 is 15.9. The van der Waals surface area contributed by atoms with E-state index in [1.807, 2.05) is 0 Å². The first kappa shape index (κ1) is 17.7. The number of ether oxygens (including phenoxy) is 3. The summed E-state index contributed by atoms with van der Waals surface area (Å²) in [5.41, 5.74) is -0.918. The lowest BCUT2D eigenvalue weighted by Gasteiger charge is -2.17. The normalized spacial score (nSPS) is 24.7. The molecule has 0 aromatic rings. The number of imide groups is 1. The predicted octanol–water partition coefficient (Wildman–Crippen LogP) is 0.444. The molecule has 0 spiro atoms. The fourth-order valence-electron chi connectivity index (χ4n) is 2.47. The zero-order valence-electron chi connectivity index (χ0n) is 13.8. The Balaban J connectivity index is 1.68. The Bertz CT molecular complexity index is 473. The molecule has 0 saturated carbocycles. The Hall–Kier alpha value is -1.67. The topological polar surface area (TPSA) is 94.2 Å². The molecule has 0 aliphatic carbocycles. The number of rotatable bonds is 7. The molecule has 23 heavy (non-hydrogen) atoms. The first-order valence-electron chi connectivity index (χ1n) is 7.85. The minimum absolute atomic E-state index is 0.0261. The lowest BCUT2D eigenvalue weighted by atomic mass is 10.1. The molecular weight excluding hydrogens is 304 g/mol. The zero-order chi connectivity index (χ0) is 17.0. The summed E-state index contributed by atoms with van der Waals surface area (Å²) in [4.78, 5) is 36.5. The standard InChI is InChI=1S/C15H24N2O6/c1-10(23-9-11-5-4-7-21-11)12(18)22-8-6-17-13(19)15(2,3)16-14(17)20/h10-11H,4-9H2,1-3H3,(H,16,20). The molecule has 0 aromatic heterocycles. The Morgan fingerprint density at radius 3 is 2.78 bits per heavy atom. The van der Waals surface area contributed by atoms with E-state index < -0.39 is 23.6 Å². The summed E-state index contributed by atoms with van der Waals surface area (Å²) in [6.07, 6.45) is 1.27. The van der Waals surface area contributed by atoms with E-state index in [0.717, 1.165) is 24.3 Å². The number of nitrogens with zero attached hydrogens (tertiary/aromatic N) is 1. The molecule has 2 aliphatic rings. The van der Waals surface area contributed by atoms with E-state index in [4.69, 9.17) is 14.2 Å². The van der Waals surface area contributed by atoms with Crippen molar-refractivity contribution < 1.29 is 28.6 Å². The van der Waals surface area contributed by atoms with Gasteiger partial charge in [-0.25, -0.2) is 9.59 Å². The van der Waals surface area contributed by atoms with Crippen LogP contribution in [0.4, 0.5) is 4.79 Å². The number of amides is 3. The number of carbonyl (C=O) groups is 3. The van der Waals surface area contributed by atoms with Gasteiger partial charge in [0.15, 0.2) is 6.10 Å². The summed E-state index contributed by atoms with van der Waals surface area (Å²) in [6.45, 7) is 5.92. The molecule has 2 unspecified atom stereocenters. The van der Waals surface area contributed by atoms with Gasteiger partial charge in [0.2, 0.25) is 0 Å². The Morgan fingerprint density at radius 1 is 1.48 bits per heavy atom. The molecular formula is C15H24N2O6. The smallest absolute Gasteiger partial charge is 0.335 e. The lowest BCUT2D eigenvalue weighted by molar-refractivity contribution is -0.158. The highest BCUT2D eigenvalue weighted by Gasteiger charge is 2.44. The minimum Gasteiger partial charge on any atom is -0.462 e. The third kappa shape index (κ3) is 4.42. The molecule has 0 bridgehead atoms. The summed E-state index contributed by atoms with van der Waals surface area (Å²) >= 11 is 0. The summed E-state index contributed by atoms with van der Waals surface area (Å²) in [5.74, 6) is -0.851. The van der Waals surface area contributed by atoms with E-state index in [1.54, 1.807) is 20.8 Å². The van der Waals surface area contributed by atoms with Crippen LogP contribution >= 0.6 is 0 Å². The fourth-order valence-corrected chi connectivity index (χ4v) is 2.47. The number of hydrogen-bond acceptors (Lipinski definition) is 6. The molecule has 1 N–H and O–H groups in total. The third-order valence-electron chi connectivity index (χ3n) is 3.89. The SMILES string of the molecule is CC(OCC1CCCO1)C(=O)OCCN1C(=O)NC(C)(C)C1=O. The average Bonchev–Trinajstić information content (AvgIpc) is 3.06. The number of esters is 1. The predicted molar refractivity (Wildman–Crippen MR) is 79.7 cm³/mol. The molecule has 8 nitrogen and oxygen atoms in total. The van der Waals surface area contributed by atoms with E-state index in [2.05, 4.69) is 5.32 Å². The molecule has 0 aromatic carbocycles. The number of carbonyl (C=O) groups excluding carboxylic acids is 3. The van der Waals surface area contributed by atoms with Crippen molar-refractivity contribution in [2.24, 2.45) is 0 Å². The van der Waals surface area contributed by atoms with Gasteiger partial charge in [-0.3, -0.25) is 9.69 Å². The maximum absolute atomic E-state index is 12.0. The van der Waals surface area contributed by atoms with E-state index >= 15 is 0 Å². The molecule has 2 heterocycles. The van der Waals surface area contributed by atoms with E-state index in [9.17, 15) is 14.4 Å². The summed E-state index contributed by atoms with van der Waals surface area (Å²) in [6, 6.07) is -0.473. The van der Waals surface area contributed by atoms with Gasteiger partial charge >= 0.3 is 12.0 Å². The molecule has 8 heteroatoms. The van der Waals surface area contributed by atoms with Gasteiger partial charge in [0.25, 0.3) is 5.91 Å². The van der Waals surface area contributed by atoms with Crippen LogP contribution in [0.3, 0.4) is 0 Å². The van der Waals surface area contributed by atoms with Crippen LogP contribution in [-0.2, 0) is 23.8 Å². The molecule has 2 fully saturated rings. The van der Waals surface area contributed by atoms with Gasteiger partial charge in [-0.2, -0.15) is 0 Å². The quantitative estimate of drug-likeness (QED) is 0.538. The maximum atomic E-state index is 12.0. The Labute approximate surface area is 135 Å². The van der Waals surface area contributed by atoms with Gasteiger partial charge in [0.1, 0.15) is 12.1 Å². The average molecular weight is 328 g/mol. The number of urea groups is 1. The molecule has 2 saturated heterocycles. The first-order chi connectivity index (χ1) is 10.8. The first-order valence-corrected chi connectivity index (χ1v) is 7.85. The Morgan fingerprint density at radius 2 is 2.22 bits per heavy atom. The van der Waals surface area contributed by atoms with Gasteiger partial charge in [-0.05, 0) is 33.6 Å². The molecule has 2 rings (SSSR count). The summed E-state index contributed by atoms with van der Waals surface area (Å²) in [5, 5.41) is 2.56. The van der Waals surface area contributed by atoms with Crippen molar-refractivity contribution in [3.63, 3.8) is 0 Å². The fraction of sp³-hybridized carbons (Fsp3) is 0.800. The Kier molecular flexibility index (Phi) is 5.59. The highest BCUT2D eigenvalue weighted by Crippen LogP contribution is 2.16. The van der Waals surface area contributed by atoms with Gasteiger partial charge in [-0.1, -0.05) is 0 Å². The van der Waals surface area contributed by atoms with Crippen molar-refractivity contribution in [1.82, 2.24) is 10.2 Å². The van der Waals surface area contributed by atoms with Crippen LogP contribution in [0.2, 0.25) is 0 Å². The second-order valence-corrected chi connectivity index (χ2v) is 6.29. The molecule has 2 aliphatic heterocycles. The van der Waals surface area contributed by atoms with Crippen molar-refractivity contribution in [1.29, 1.82) is 0 Å². The second-order valence-electron chi connectivity index (χ2n) is 6.29. The van der Waals surface area contributed by atoms with E-state index in [-0.39, 0.29) is 25.2 Å². The van der Waals surface area contributed by atoms with Gasteiger partial charge in [0.05, 0.1) is 19.3 Å². The number of hydrogen-bond donors (Lipinski definition) is 1. The minimum atomic E-state index is -0.918. The third-order valence-corrected chi connectivity index (χ3v) is 3.89. The van der Waals surface area contributed by atoms with Crippen LogP contribution in [0.15, 0.2) is 0 Å². The van der Waals surface area contributed by atoms with Crippen molar-refractivity contribution in [3.8, 4) is 0 Å². The van der Waals surface area contributed by atoms with Gasteiger partial charge in [0, 0.05) is 6.61 Å². The zero-order valence-corrected chi connectivity index (χ0v) is 13.8. The van der Waals surface area contributed by atoms with Crippen LogP contribution in [0.25, 0.3) is 0 Å². The van der Waals surface area contributed by atoms with Gasteiger partial charge < -0.3 is 19.5 Å². The van der Waals surface area contributed by atoms with Gasteiger partial charge in [-0.15, -0.1) is 0 Å². The van der Waals surface area contributed by atoms with Crippen molar-refractivity contribution in [2.75, 3.05) is 26.4 Å². The number of nitrogens with one attached hydrogen (secondary N) is 1. The molecule has 0 radical (unpaired) electrons. The lowest BCUT2D eigenvalue weighted by Crippen LogP contribution is -2.40. The van der Waals surface area contributed by atoms with Crippen LogP contribution < -0.4 is 5.32 Å². The van der Waals surface area contributed by atoms with E-state index in [0.29, 0.717) is 6.61 Å².